The number of benzene rings is 2. The summed E-state index contributed by atoms with van der Waals surface area (Å²) in [5.41, 5.74) is 1.03. The van der Waals surface area contributed by atoms with E-state index in [-0.39, 0.29) is 22.2 Å². The number of aryl methyl sites for hydroxylation is 1. The lowest BCUT2D eigenvalue weighted by molar-refractivity contribution is 0.462. The van der Waals surface area contributed by atoms with E-state index in [4.69, 9.17) is 4.18 Å². The lowest BCUT2D eigenvalue weighted by atomic mass is 10.2. The maximum atomic E-state index is 12.5. The fourth-order valence-electron chi connectivity index (χ4n) is 2.50. The third kappa shape index (κ3) is 2.54. The molecule has 25 heavy (non-hydrogen) atoms. The second-order valence-corrected chi connectivity index (χ2v) is 7.01. The highest BCUT2D eigenvalue weighted by molar-refractivity contribution is 7.87. The molecule has 0 aliphatic carbocycles. The van der Waals surface area contributed by atoms with Crippen molar-refractivity contribution in [2.24, 2.45) is 0 Å². The second kappa shape index (κ2) is 5.42. The van der Waals surface area contributed by atoms with Crippen LogP contribution in [-0.4, -0.2) is 28.0 Å². The first-order chi connectivity index (χ1) is 12.0. The molecule has 4 rings (SSSR count). The van der Waals surface area contributed by atoms with Crippen LogP contribution in [-0.2, 0) is 10.1 Å². The quantitative estimate of drug-likeness (QED) is 0.559. The molecule has 0 atom stereocenters. The topological polar surface area (TPSA) is 106 Å². The van der Waals surface area contributed by atoms with E-state index in [2.05, 4.69) is 15.2 Å². The van der Waals surface area contributed by atoms with E-state index in [1.54, 1.807) is 36.4 Å². The number of aromatic nitrogens is 4. The van der Waals surface area contributed by atoms with Crippen LogP contribution < -0.4 is 9.74 Å². The van der Waals surface area contributed by atoms with Crippen molar-refractivity contribution in [3.8, 4) is 6.01 Å². The van der Waals surface area contributed by atoms with E-state index in [0.717, 1.165) is 5.56 Å². The molecular formula is C16H12N4O4S. The molecule has 0 amide bonds. The summed E-state index contributed by atoms with van der Waals surface area (Å²) in [6.45, 7) is 1.85. The molecular weight excluding hydrogens is 344 g/mol. The SMILES string of the molecule is Cc1ccc(S(=O)(=O)Oc2nnc3[nH]c(=O)c4ccccc4n23)cc1. The van der Waals surface area contributed by atoms with Crippen molar-refractivity contribution in [3.63, 3.8) is 0 Å². The Bertz CT molecular complexity index is 1260. The summed E-state index contributed by atoms with van der Waals surface area (Å²) < 4.78 is 31.5. The minimum absolute atomic E-state index is 0.00331. The maximum absolute atomic E-state index is 12.5. The number of rotatable bonds is 3. The molecule has 126 valence electrons. The van der Waals surface area contributed by atoms with Gasteiger partial charge in [-0.3, -0.25) is 9.78 Å². The summed E-state index contributed by atoms with van der Waals surface area (Å²) in [5, 5.41) is 7.91. The zero-order chi connectivity index (χ0) is 17.6. The number of fused-ring (bicyclic) bond motifs is 3. The van der Waals surface area contributed by atoms with E-state index in [0.29, 0.717) is 10.9 Å². The molecule has 0 fully saturated rings. The van der Waals surface area contributed by atoms with Gasteiger partial charge < -0.3 is 4.18 Å². The Morgan fingerprint density at radius 2 is 1.76 bits per heavy atom. The molecule has 0 bridgehead atoms. The van der Waals surface area contributed by atoms with Gasteiger partial charge in [0.15, 0.2) is 0 Å². The summed E-state index contributed by atoms with van der Waals surface area (Å²) in [6, 6.07) is 12.7. The summed E-state index contributed by atoms with van der Waals surface area (Å²) >= 11 is 0. The molecule has 0 saturated heterocycles. The first-order valence-corrected chi connectivity index (χ1v) is 8.74. The van der Waals surface area contributed by atoms with Crippen LogP contribution in [0.15, 0.2) is 58.2 Å². The van der Waals surface area contributed by atoms with Crippen LogP contribution in [0.5, 0.6) is 6.01 Å². The van der Waals surface area contributed by atoms with Gasteiger partial charge in [0.25, 0.3) is 5.56 Å². The molecule has 0 saturated carbocycles. The van der Waals surface area contributed by atoms with Gasteiger partial charge in [0.05, 0.1) is 10.9 Å². The number of H-pyrrole nitrogens is 1. The summed E-state index contributed by atoms with van der Waals surface area (Å²) in [7, 11) is -4.09. The molecule has 9 heteroatoms. The Kier molecular flexibility index (Phi) is 3.32. The Morgan fingerprint density at radius 1 is 1.04 bits per heavy atom. The van der Waals surface area contributed by atoms with Crippen LogP contribution >= 0.6 is 0 Å². The van der Waals surface area contributed by atoms with Crippen molar-refractivity contribution in [1.82, 2.24) is 19.6 Å². The van der Waals surface area contributed by atoms with Gasteiger partial charge in [0.2, 0.25) is 5.78 Å². The van der Waals surface area contributed by atoms with Crippen molar-refractivity contribution < 1.29 is 12.6 Å². The van der Waals surface area contributed by atoms with Crippen LogP contribution in [0.4, 0.5) is 0 Å². The molecule has 0 aliphatic rings. The van der Waals surface area contributed by atoms with Crippen molar-refractivity contribution >= 4 is 26.8 Å². The van der Waals surface area contributed by atoms with E-state index >= 15 is 0 Å². The fourth-order valence-corrected chi connectivity index (χ4v) is 3.37. The molecule has 0 unspecified atom stereocenters. The summed E-state index contributed by atoms with van der Waals surface area (Å²) in [6.07, 6.45) is 0. The molecule has 2 heterocycles. The standard InChI is InChI=1S/C16H12N4O4S/c1-10-6-8-11(9-7-10)25(22,23)24-16-19-18-15-17-14(21)12-4-2-3-5-13(12)20(15)16/h2-9H,1H3,(H,17,18,21). The van der Waals surface area contributed by atoms with Gasteiger partial charge in [0, 0.05) is 0 Å². The van der Waals surface area contributed by atoms with Gasteiger partial charge in [-0.05, 0) is 31.2 Å². The zero-order valence-corrected chi connectivity index (χ0v) is 13.8. The van der Waals surface area contributed by atoms with Crippen LogP contribution in [0.2, 0.25) is 0 Å². The number of para-hydroxylation sites is 1. The van der Waals surface area contributed by atoms with Gasteiger partial charge in [-0.2, -0.15) is 8.42 Å². The second-order valence-electron chi connectivity index (χ2n) is 5.46. The highest BCUT2D eigenvalue weighted by atomic mass is 32.2. The highest BCUT2D eigenvalue weighted by Gasteiger charge is 2.21. The average molecular weight is 356 g/mol. The van der Waals surface area contributed by atoms with E-state index in [1.807, 2.05) is 6.92 Å². The minimum atomic E-state index is -4.09. The highest BCUT2D eigenvalue weighted by Crippen LogP contribution is 2.21. The molecule has 4 aromatic rings. The number of hydrogen-bond donors (Lipinski definition) is 1. The van der Waals surface area contributed by atoms with Gasteiger partial charge in [-0.25, -0.2) is 4.40 Å². The molecule has 0 radical (unpaired) electrons. The predicted octanol–water partition coefficient (Wildman–Crippen LogP) is 1.65. The Labute approximate surface area is 141 Å². The maximum Gasteiger partial charge on any atom is 0.341 e. The largest absolute Gasteiger partial charge is 0.341 e. The van der Waals surface area contributed by atoms with Gasteiger partial charge >= 0.3 is 16.1 Å². The first-order valence-electron chi connectivity index (χ1n) is 7.33. The Balaban J connectivity index is 1.89. The first kappa shape index (κ1) is 15.3. The third-order valence-corrected chi connectivity index (χ3v) is 4.96. The van der Waals surface area contributed by atoms with E-state index < -0.39 is 10.1 Å². The van der Waals surface area contributed by atoms with Crippen molar-refractivity contribution in [2.75, 3.05) is 0 Å². The lowest BCUT2D eigenvalue weighted by Gasteiger charge is -2.07. The van der Waals surface area contributed by atoms with Gasteiger partial charge in [-0.15, -0.1) is 5.10 Å². The molecule has 2 aromatic carbocycles. The van der Waals surface area contributed by atoms with Crippen molar-refractivity contribution in [3.05, 3.63) is 64.4 Å². The number of nitrogens with zero attached hydrogens (tertiary/aromatic N) is 3. The average Bonchev–Trinajstić information content (AvgIpc) is 2.97. The van der Waals surface area contributed by atoms with Crippen LogP contribution in [0.25, 0.3) is 16.7 Å². The molecule has 2 aromatic heterocycles. The third-order valence-electron chi connectivity index (χ3n) is 3.74. The van der Waals surface area contributed by atoms with Gasteiger partial charge in [0.1, 0.15) is 4.90 Å². The van der Waals surface area contributed by atoms with Crippen LogP contribution in [0.1, 0.15) is 5.56 Å². The van der Waals surface area contributed by atoms with Crippen molar-refractivity contribution in [2.45, 2.75) is 11.8 Å². The molecule has 0 aliphatic heterocycles. The van der Waals surface area contributed by atoms with E-state index in [1.165, 1.54) is 16.5 Å². The van der Waals surface area contributed by atoms with Gasteiger partial charge in [-0.1, -0.05) is 34.9 Å². The minimum Gasteiger partial charge on any atom is -0.339 e. The van der Waals surface area contributed by atoms with Crippen molar-refractivity contribution in [1.29, 1.82) is 0 Å². The molecule has 1 N–H and O–H groups in total. The summed E-state index contributed by atoms with van der Waals surface area (Å²) in [5.74, 6) is 0.0952. The van der Waals surface area contributed by atoms with Crippen LogP contribution in [0, 0.1) is 6.92 Å². The predicted molar refractivity (Wildman–Crippen MR) is 90.1 cm³/mol. The number of hydrogen-bond acceptors (Lipinski definition) is 6. The molecule has 0 spiro atoms. The lowest BCUT2D eigenvalue weighted by Crippen LogP contribution is -2.14. The Hall–Kier alpha value is -3.20. The monoisotopic (exact) mass is 356 g/mol. The normalized spacial score (nSPS) is 11.9. The fraction of sp³-hybridized carbons (Fsp3) is 0.0625. The zero-order valence-electron chi connectivity index (χ0n) is 13.0. The number of nitrogens with one attached hydrogen (secondary N) is 1. The summed E-state index contributed by atoms with van der Waals surface area (Å²) in [4.78, 5) is 14.6. The van der Waals surface area contributed by atoms with Crippen LogP contribution in [0.3, 0.4) is 0 Å². The smallest absolute Gasteiger partial charge is 0.339 e. The molecule has 8 nitrogen and oxygen atoms in total. The Morgan fingerprint density at radius 3 is 2.52 bits per heavy atom. The van der Waals surface area contributed by atoms with E-state index in [9.17, 15) is 13.2 Å². The number of aromatic amines is 1.